The molecule has 0 aromatic heterocycles. The van der Waals surface area contributed by atoms with Crippen LogP contribution in [0.5, 0.6) is 0 Å². The van der Waals surface area contributed by atoms with Crippen molar-refractivity contribution in [1.29, 1.82) is 0 Å². The van der Waals surface area contributed by atoms with Crippen LogP contribution < -0.4 is 0 Å². The molecule has 0 aliphatic heterocycles. The van der Waals surface area contributed by atoms with Crippen LogP contribution in [0.2, 0.25) is 0 Å². The second kappa shape index (κ2) is 4.45. The molecule has 2 nitrogen and oxygen atoms in total. The van der Waals surface area contributed by atoms with Crippen LogP contribution in [0.3, 0.4) is 0 Å². The Balaban J connectivity index is 3.84. The Bertz CT molecular complexity index is 89.4. The van der Waals surface area contributed by atoms with E-state index in [-0.39, 0.29) is 0 Å². The van der Waals surface area contributed by atoms with E-state index in [9.17, 15) is 0 Å². The van der Waals surface area contributed by atoms with E-state index in [1.165, 1.54) is 0 Å². The van der Waals surface area contributed by atoms with Gasteiger partial charge in [0.25, 0.3) is 0 Å². The first-order valence-corrected chi connectivity index (χ1v) is 3.77. The van der Waals surface area contributed by atoms with Gasteiger partial charge in [-0.3, -0.25) is 9.89 Å². The highest BCUT2D eigenvalue weighted by Gasteiger charge is 2.10. The molecule has 0 N–H and O–H groups in total. The maximum atomic E-state index is 3.85. The fraction of sp³-hybridized carbons (Fsp3) is 0.875. The largest absolute Gasteiger partial charge is 0.285 e. The van der Waals surface area contributed by atoms with E-state index < -0.39 is 0 Å². The zero-order valence-electron chi connectivity index (χ0n) is 7.46. The van der Waals surface area contributed by atoms with Gasteiger partial charge in [0.15, 0.2) is 0 Å². The van der Waals surface area contributed by atoms with Gasteiger partial charge in [-0.1, -0.05) is 0 Å². The highest BCUT2D eigenvalue weighted by Crippen LogP contribution is 2.03. The third kappa shape index (κ3) is 2.97. The Hall–Kier alpha value is -0.370. The van der Waals surface area contributed by atoms with Crippen LogP contribution in [-0.4, -0.2) is 30.4 Å². The van der Waals surface area contributed by atoms with Crippen LogP contribution in [0.15, 0.2) is 4.99 Å². The van der Waals surface area contributed by atoms with E-state index in [2.05, 4.69) is 44.3 Å². The van der Waals surface area contributed by atoms with Crippen molar-refractivity contribution in [2.75, 3.05) is 6.67 Å². The summed E-state index contributed by atoms with van der Waals surface area (Å²) in [6, 6.07) is 1.12. The minimum atomic E-state index is 0.561. The predicted molar refractivity (Wildman–Crippen MR) is 46.5 cm³/mol. The summed E-state index contributed by atoms with van der Waals surface area (Å²) in [5.74, 6) is 0. The number of rotatable bonds is 4. The quantitative estimate of drug-likeness (QED) is 0.546. The molecule has 2 heteroatoms. The van der Waals surface area contributed by atoms with Crippen molar-refractivity contribution in [3.05, 3.63) is 0 Å². The molecule has 0 aromatic carbocycles. The van der Waals surface area contributed by atoms with Gasteiger partial charge in [0, 0.05) is 12.1 Å². The summed E-state index contributed by atoms with van der Waals surface area (Å²) >= 11 is 0. The SMILES string of the molecule is C=NCN(C(C)C)C(C)C. The van der Waals surface area contributed by atoms with Gasteiger partial charge >= 0.3 is 0 Å². The Morgan fingerprint density at radius 3 is 1.70 bits per heavy atom. The number of aliphatic imine (C=N–C) groups is 1. The molecule has 0 spiro atoms. The van der Waals surface area contributed by atoms with Crippen molar-refractivity contribution in [2.45, 2.75) is 39.8 Å². The van der Waals surface area contributed by atoms with Gasteiger partial charge in [0.1, 0.15) is 0 Å². The summed E-state index contributed by atoms with van der Waals surface area (Å²) in [7, 11) is 0. The Kier molecular flexibility index (Phi) is 4.28. The van der Waals surface area contributed by atoms with Crippen LogP contribution in [0.1, 0.15) is 27.7 Å². The van der Waals surface area contributed by atoms with E-state index in [0.717, 1.165) is 6.67 Å². The Morgan fingerprint density at radius 1 is 1.20 bits per heavy atom. The molecule has 0 bridgehead atoms. The van der Waals surface area contributed by atoms with Crippen molar-refractivity contribution in [1.82, 2.24) is 4.90 Å². The lowest BCUT2D eigenvalue weighted by Gasteiger charge is -2.28. The van der Waals surface area contributed by atoms with E-state index in [1.807, 2.05) is 0 Å². The van der Waals surface area contributed by atoms with Crippen molar-refractivity contribution in [3.8, 4) is 0 Å². The van der Waals surface area contributed by atoms with Crippen molar-refractivity contribution in [3.63, 3.8) is 0 Å². The molecule has 0 radical (unpaired) electrons. The van der Waals surface area contributed by atoms with Crippen LogP contribution in [0.25, 0.3) is 0 Å². The highest BCUT2D eigenvalue weighted by molar-refractivity contribution is 5.22. The summed E-state index contributed by atoms with van der Waals surface area (Å²) in [5.41, 5.74) is 0. The lowest BCUT2D eigenvalue weighted by molar-refractivity contribution is 0.182. The molecular formula is C8H18N2. The molecule has 0 rings (SSSR count). The Labute approximate surface area is 63.9 Å². The molecule has 0 heterocycles. The van der Waals surface area contributed by atoms with Crippen LogP contribution in [0.4, 0.5) is 0 Å². The molecule has 60 valence electrons. The van der Waals surface area contributed by atoms with Gasteiger partial charge in [-0.2, -0.15) is 0 Å². The molecule has 0 amide bonds. The molecule has 0 atom stereocenters. The fourth-order valence-electron chi connectivity index (χ4n) is 1.04. The highest BCUT2D eigenvalue weighted by atomic mass is 15.2. The molecule has 0 unspecified atom stereocenters. The smallest absolute Gasteiger partial charge is 0.0906 e. The van der Waals surface area contributed by atoms with E-state index in [4.69, 9.17) is 0 Å². The van der Waals surface area contributed by atoms with Crippen LogP contribution in [0, 0.1) is 0 Å². The van der Waals surface area contributed by atoms with Gasteiger partial charge in [0.2, 0.25) is 0 Å². The van der Waals surface area contributed by atoms with Gasteiger partial charge in [-0.05, 0) is 34.4 Å². The molecule has 0 aliphatic rings. The Morgan fingerprint density at radius 2 is 1.60 bits per heavy atom. The van der Waals surface area contributed by atoms with Gasteiger partial charge < -0.3 is 0 Å². The van der Waals surface area contributed by atoms with E-state index in [0.29, 0.717) is 12.1 Å². The zero-order chi connectivity index (χ0) is 8.15. The van der Waals surface area contributed by atoms with Crippen molar-refractivity contribution in [2.24, 2.45) is 4.99 Å². The maximum Gasteiger partial charge on any atom is 0.0906 e. The monoisotopic (exact) mass is 142 g/mol. The van der Waals surface area contributed by atoms with Crippen molar-refractivity contribution >= 4 is 6.72 Å². The number of hydrogen-bond donors (Lipinski definition) is 0. The molecule has 0 fully saturated rings. The lowest BCUT2D eigenvalue weighted by atomic mass is 10.2. The molecular weight excluding hydrogens is 124 g/mol. The van der Waals surface area contributed by atoms with Crippen LogP contribution in [-0.2, 0) is 0 Å². The molecule has 10 heavy (non-hydrogen) atoms. The summed E-state index contributed by atoms with van der Waals surface area (Å²) in [6.45, 7) is 12.9. The summed E-state index contributed by atoms with van der Waals surface area (Å²) in [6.07, 6.45) is 0. The average Bonchev–Trinajstić information content (AvgIpc) is 1.81. The summed E-state index contributed by atoms with van der Waals surface area (Å²) in [4.78, 5) is 6.14. The summed E-state index contributed by atoms with van der Waals surface area (Å²) < 4.78 is 0. The first-order valence-electron chi connectivity index (χ1n) is 3.77. The van der Waals surface area contributed by atoms with E-state index in [1.54, 1.807) is 0 Å². The second-order valence-electron chi connectivity index (χ2n) is 3.07. The molecule has 0 aromatic rings. The third-order valence-electron chi connectivity index (χ3n) is 1.59. The normalized spacial score (nSPS) is 11.5. The first-order chi connectivity index (χ1) is 4.59. The fourth-order valence-corrected chi connectivity index (χ4v) is 1.04. The number of hydrogen-bond acceptors (Lipinski definition) is 2. The topological polar surface area (TPSA) is 15.6 Å². The standard InChI is InChI=1S/C8H18N2/c1-7(2)10(6-9-5)8(3)4/h7-8H,5-6H2,1-4H3. The third-order valence-corrected chi connectivity index (χ3v) is 1.59. The minimum absolute atomic E-state index is 0.561. The number of nitrogens with zero attached hydrogens (tertiary/aromatic N) is 2. The molecule has 0 aliphatic carbocycles. The van der Waals surface area contributed by atoms with Crippen LogP contribution >= 0.6 is 0 Å². The first kappa shape index (κ1) is 9.63. The zero-order valence-corrected chi connectivity index (χ0v) is 7.46. The second-order valence-corrected chi connectivity index (χ2v) is 3.07. The van der Waals surface area contributed by atoms with Gasteiger partial charge in [-0.15, -0.1) is 0 Å². The van der Waals surface area contributed by atoms with Crippen molar-refractivity contribution < 1.29 is 0 Å². The van der Waals surface area contributed by atoms with Gasteiger partial charge in [0.05, 0.1) is 6.67 Å². The average molecular weight is 142 g/mol. The molecule has 0 saturated heterocycles. The summed E-state index contributed by atoms with van der Waals surface area (Å²) in [5, 5.41) is 0. The van der Waals surface area contributed by atoms with Gasteiger partial charge in [-0.25, -0.2) is 0 Å². The predicted octanol–water partition coefficient (Wildman–Crippen LogP) is 1.76. The molecule has 0 saturated carbocycles. The minimum Gasteiger partial charge on any atom is -0.285 e. The lowest BCUT2D eigenvalue weighted by Crippen LogP contribution is -2.36. The van der Waals surface area contributed by atoms with E-state index >= 15 is 0 Å². The maximum absolute atomic E-state index is 3.85.